The van der Waals surface area contributed by atoms with E-state index in [4.69, 9.17) is 9.84 Å². The zero-order valence-corrected chi connectivity index (χ0v) is 17.0. The lowest BCUT2D eigenvalue weighted by Gasteiger charge is -2.38. The molecule has 4 atom stereocenters. The van der Waals surface area contributed by atoms with Gasteiger partial charge in [-0.15, -0.1) is 0 Å². The Balaban J connectivity index is 1.49. The van der Waals surface area contributed by atoms with Crippen molar-refractivity contribution in [3.05, 3.63) is 18.1 Å². The number of amides is 1. The fourth-order valence-electron chi connectivity index (χ4n) is 3.90. The molecule has 5 N–H and O–H groups in total. The summed E-state index contributed by atoms with van der Waals surface area (Å²) in [6.07, 6.45) is -5.05. The highest BCUT2D eigenvalue weighted by atomic mass is 19.4. The number of carboxylic acid groups (broad SMARTS) is 1. The summed E-state index contributed by atoms with van der Waals surface area (Å²) < 4.78 is 43.8. The van der Waals surface area contributed by atoms with Gasteiger partial charge in [-0.1, -0.05) is 0 Å². The van der Waals surface area contributed by atoms with E-state index in [1.165, 1.54) is 0 Å². The Kier molecular flexibility index (Phi) is 7.51. The molecule has 1 aromatic heterocycles. The molecule has 0 unspecified atom stereocenters. The number of carbonyl (C=O) groups is 2. The summed E-state index contributed by atoms with van der Waals surface area (Å²) in [6, 6.07) is -0.943. The number of ether oxygens (including phenoxy) is 1. The first kappa shape index (κ1) is 24.1. The Morgan fingerprint density at radius 1 is 1.09 bits per heavy atom. The fraction of sp³-hybridized carbons (Fsp3) is 0.684. The van der Waals surface area contributed by atoms with Crippen LogP contribution in [0.15, 0.2) is 12.4 Å². The minimum Gasteiger partial charge on any atom is -0.481 e. The van der Waals surface area contributed by atoms with Crippen LogP contribution in [0.5, 0.6) is 0 Å². The van der Waals surface area contributed by atoms with Gasteiger partial charge in [0.05, 0.1) is 31.0 Å². The monoisotopic (exact) mass is 462 g/mol. The topological polar surface area (TPSA) is 154 Å². The molecule has 178 valence electrons. The number of aliphatic hydroxyl groups excluding tert-OH is 2. The summed E-state index contributed by atoms with van der Waals surface area (Å²) in [6.45, 7) is -0.230. The molecule has 0 bridgehead atoms. The predicted molar refractivity (Wildman–Crippen MR) is 102 cm³/mol. The number of hydrogen-bond donors (Lipinski definition) is 5. The molecule has 1 aliphatic carbocycles. The van der Waals surface area contributed by atoms with Gasteiger partial charge in [-0.3, -0.25) is 14.6 Å². The van der Waals surface area contributed by atoms with Crippen LogP contribution in [0.3, 0.4) is 0 Å². The molecule has 32 heavy (non-hydrogen) atoms. The number of nitrogens with zero attached hydrogens (tertiary/aromatic N) is 2. The summed E-state index contributed by atoms with van der Waals surface area (Å²) in [4.78, 5) is 30.2. The van der Waals surface area contributed by atoms with Gasteiger partial charge in [-0.2, -0.15) is 13.2 Å². The van der Waals surface area contributed by atoms with E-state index in [0.29, 0.717) is 31.9 Å². The lowest BCUT2D eigenvalue weighted by Crippen LogP contribution is -2.58. The molecule has 0 radical (unpaired) electrons. The van der Waals surface area contributed by atoms with Gasteiger partial charge in [-0.05, 0) is 25.7 Å². The van der Waals surface area contributed by atoms with E-state index in [-0.39, 0.29) is 30.8 Å². The average molecular weight is 462 g/mol. The number of hydrogen-bond acceptors (Lipinski definition) is 8. The summed E-state index contributed by atoms with van der Waals surface area (Å²) in [5, 5.41) is 35.0. The number of aromatic nitrogens is 2. The second-order valence-corrected chi connectivity index (χ2v) is 8.02. The average Bonchev–Trinajstić information content (AvgIpc) is 2.76. The van der Waals surface area contributed by atoms with Gasteiger partial charge in [-0.25, -0.2) is 4.98 Å². The maximum Gasteiger partial charge on any atom is 0.434 e. The molecule has 13 heteroatoms. The van der Waals surface area contributed by atoms with Gasteiger partial charge in [0.25, 0.3) is 0 Å². The maximum absolute atomic E-state index is 12.8. The first-order valence-electron chi connectivity index (χ1n) is 10.2. The Morgan fingerprint density at radius 3 is 2.38 bits per heavy atom. The standard InChI is InChI=1S/C19H25F3N4O6/c20-19(21,22)13-6-23-7-14(26-13)25-11-8-32-12(16(28)15(11)27)5-24-17(29)9-1-3-10(4-2-9)18(30)31/h6-7,9-12,15-16,27-28H,1-5,8H2,(H,24,29)(H,25,26)(H,30,31)/t9?,10?,11-,12+,15+,16-/m0/s1. The van der Waals surface area contributed by atoms with Crippen molar-refractivity contribution >= 4 is 17.7 Å². The van der Waals surface area contributed by atoms with Crippen molar-refractivity contribution in [2.75, 3.05) is 18.5 Å². The summed E-state index contributed by atoms with van der Waals surface area (Å²) in [7, 11) is 0. The zero-order chi connectivity index (χ0) is 23.5. The van der Waals surface area contributed by atoms with E-state index in [0.717, 1.165) is 6.20 Å². The second kappa shape index (κ2) is 9.96. The van der Waals surface area contributed by atoms with Crippen molar-refractivity contribution in [3.63, 3.8) is 0 Å². The van der Waals surface area contributed by atoms with Crippen LogP contribution >= 0.6 is 0 Å². The van der Waals surface area contributed by atoms with E-state index in [1.807, 2.05) is 0 Å². The molecule has 1 aliphatic heterocycles. The molecule has 0 spiro atoms. The number of rotatable bonds is 6. The molecule has 3 rings (SSSR count). The minimum absolute atomic E-state index is 0.0774. The largest absolute Gasteiger partial charge is 0.481 e. The molecular formula is C19H25F3N4O6. The summed E-state index contributed by atoms with van der Waals surface area (Å²) >= 11 is 0. The number of aliphatic hydroxyl groups is 2. The third-order valence-electron chi connectivity index (χ3n) is 5.82. The van der Waals surface area contributed by atoms with E-state index in [1.54, 1.807) is 0 Å². The Morgan fingerprint density at radius 2 is 1.75 bits per heavy atom. The summed E-state index contributed by atoms with van der Waals surface area (Å²) in [5.41, 5.74) is -1.20. The zero-order valence-electron chi connectivity index (χ0n) is 17.0. The lowest BCUT2D eigenvalue weighted by molar-refractivity contribution is -0.146. The smallest absolute Gasteiger partial charge is 0.434 e. The van der Waals surface area contributed by atoms with Crippen molar-refractivity contribution in [1.82, 2.24) is 15.3 Å². The second-order valence-electron chi connectivity index (χ2n) is 8.02. The highest BCUT2D eigenvalue weighted by Crippen LogP contribution is 2.30. The van der Waals surface area contributed by atoms with Crippen molar-refractivity contribution in [2.24, 2.45) is 11.8 Å². The van der Waals surface area contributed by atoms with E-state index in [9.17, 15) is 33.0 Å². The van der Waals surface area contributed by atoms with E-state index < -0.39 is 48.1 Å². The minimum atomic E-state index is -4.68. The van der Waals surface area contributed by atoms with Crippen LogP contribution in [0.1, 0.15) is 31.4 Å². The van der Waals surface area contributed by atoms with Crippen molar-refractivity contribution in [1.29, 1.82) is 0 Å². The quantitative estimate of drug-likeness (QED) is 0.404. The normalized spacial score (nSPS) is 31.0. The Hall–Kier alpha value is -2.51. The van der Waals surface area contributed by atoms with Crippen LogP contribution in [-0.2, 0) is 20.5 Å². The highest BCUT2D eigenvalue weighted by Gasteiger charge is 2.40. The molecule has 1 amide bonds. The number of anilines is 1. The van der Waals surface area contributed by atoms with Crippen LogP contribution in [0.2, 0.25) is 0 Å². The van der Waals surface area contributed by atoms with Crippen LogP contribution < -0.4 is 10.6 Å². The van der Waals surface area contributed by atoms with Crippen molar-refractivity contribution in [3.8, 4) is 0 Å². The van der Waals surface area contributed by atoms with Gasteiger partial charge in [0.2, 0.25) is 5.91 Å². The fourth-order valence-corrected chi connectivity index (χ4v) is 3.90. The van der Waals surface area contributed by atoms with Gasteiger partial charge in [0.1, 0.15) is 24.1 Å². The van der Waals surface area contributed by atoms with Crippen LogP contribution in [0.25, 0.3) is 0 Å². The third-order valence-corrected chi connectivity index (χ3v) is 5.82. The first-order chi connectivity index (χ1) is 15.1. The number of aliphatic carboxylic acids is 1. The maximum atomic E-state index is 12.8. The van der Waals surface area contributed by atoms with Gasteiger partial charge in [0.15, 0.2) is 5.69 Å². The summed E-state index contributed by atoms with van der Waals surface area (Å²) in [5.74, 6) is -2.15. The molecule has 1 saturated carbocycles. The molecule has 1 aromatic rings. The SMILES string of the molecule is O=C(O)C1CCC(C(=O)NC[C@H]2OC[C@H](Nc3cncc(C(F)(F)F)n3)[C@@H](O)[C@H]2O)CC1. The molecule has 1 saturated heterocycles. The van der Waals surface area contributed by atoms with Gasteiger partial charge >= 0.3 is 12.1 Å². The van der Waals surface area contributed by atoms with Crippen LogP contribution in [0, 0.1) is 11.8 Å². The van der Waals surface area contributed by atoms with Gasteiger partial charge < -0.3 is 30.7 Å². The molecule has 2 heterocycles. The molecule has 10 nitrogen and oxygen atoms in total. The number of alkyl halides is 3. The first-order valence-corrected chi connectivity index (χ1v) is 10.2. The molecule has 2 aliphatic rings. The third kappa shape index (κ3) is 5.84. The molecule has 0 aromatic carbocycles. The molecule has 2 fully saturated rings. The van der Waals surface area contributed by atoms with E-state index >= 15 is 0 Å². The van der Waals surface area contributed by atoms with Crippen LogP contribution in [0.4, 0.5) is 19.0 Å². The number of carbonyl (C=O) groups excluding carboxylic acids is 1. The molecular weight excluding hydrogens is 437 g/mol. The Labute approximate surface area is 181 Å². The van der Waals surface area contributed by atoms with Crippen LogP contribution in [-0.4, -0.2) is 74.7 Å². The number of halogens is 3. The predicted octanol–water partition coefficient (Wildman–Crippen LogP) is 0.404. The van der Waals surface area contributed by atoms with Gasteiger partial charge in [0, 0.05) is 12.5 Å². The van der Waals surface area contributed by atoms with E-state index in [2.05, 4.69) is 20.6 Å². The highest BCUT2D eigenvalue weighted by molar-refractivity contribution is 5.79. The number of nitrogens with one attached hydrogen (secondary N) is 2. The Bertz CT molecular complexity index is 818. The van der Waals surface area contributed by atoms with Crippen molar-refractivity contribution < 1.29 is 42.8 Å². The van der Waals surface area contributed by atoms with Crippen molar-refractivity contribution in [2.45, 2.75) is 56.2 Å². The number of carboxylic acids is 1. The lowest BCUT2D eigenvalue weighted by atomic mass is 9.81.